The van der Waals surface area contributed by atoms with Gasteiger partial charge in [-0.1, -0.05) is 19.8 Å². The molecule has 1 saturated carbocycles. The smallest absolute Gasteiger partial charge is 0.231 e. The Labute approximate surface area is 97.2 Å². The second kappa shape index (κ2) is 5.99. The van der Waals surface area contributed by atoms with Gasteiger partial charge in [-0.2, -0.15) is 0 Å². The summed E-state index contributed by atoms with van der Waals surface area (Å²) in [6.45, 7) is 3.95. The third-order valence-corrected chi connectivity index (χ3v) is 3.44. The molecule has 0 aromatic carbocycles. The molecule has 16 heavy (non-hydrogen) atoms. The van der Waals surface area contributed by atoms with Gasteiger partial charge in [-0.15, -0.1) is 0 Å². The standard InChI is InChI=1S/C12H22N2O2/c1-3-11(15)9(2)14(8-12(13)16)10-6-4-5-7-10/h9-10H,3-8H2,1-2H3,(H2,13,16). The largest absolute Gasteiger partial charge is 0.369 e. The fourth-order valence-electron chi connectivity index (χ4n) is 2.48. The van der Waals surface area contributed by atoms with Crippen LogP contribution in [-0.4, -0.2) is 35.2 Å². The van der Waals surface area contributed by atoms with E-state index in [-0.39, 0.29) is 24.3 Å². The number of Topliss-reactive ketones (excluding diaryl/α,β-unsaturated/α-hetero) is 1. The Balaban J connectivity index is 2.68. The van der Waals surface area contributed by atoms with Gasteiger partial charge in [0.25, 0.3) is 0 Å². The van der Waals surface area contributed by atoms with Gasteiger partial charge >= 0.3 is 0 Å². The van der Waals surface area contributed by atoms with Gasteiger partial charge in [0.1, 0.15) is 5.78 Å². The Morgan fingerprint density at radius 1 is 1.38 bits per heavy atom. The molecular formula is C12H22N2O2. The summed E-state index contributed by atoms with van der Waals surface area (Å²) >= 11 is 0. The fraction of sp³-hybridized carbons (Fsp3) is 0.833. The predicted molar refractivity (Wildman–Crippen MR) is 62.9 cm³/mol. The van der Waals surface area contributed by atoms with E-state index in [0.717, 1.165) is 12.8 Å². The van der Waals surface area contributed by atoms with Crippen molar-refractivity contribution in [2.45, 2.75) is 58.0 Å². The SMILES string of the molecule is CCC(=O)C(C)N(CC(N)=O)C1CCCC1. The molecule has 1 amide bonds. The highest BCUT2D eigenvalue weighted by Crippen LogP contribution is 2.25. The van der Waals surface area contributed by atoms with Gasteiger partial charge < -0.3 is 5.73 Å². The molecule has 4 heteroatoms. The minimum absolute atomic E-state index is 0.180. The van der Waals surface area contributed by atoms with E-state index in [1.165, 1.54) is 12.8 Å². The molecule has 1 rings (SSSR count). The molecule has 4 nitrogen and oxygen atoms in total. The average molecular weight is 226 g/mol. The van der Waals surface area contributed by atoms with E-state index in [2.05, 4.69) is 0 Å². The lowest BCUT2D eigenvalue weighted by atomic mass is 10.1. The van der Waals surface area contributed by atoms with E-state index in [0.29, 0.717) is 12.5 Å². The van der Waals surface area contributed by atoms with Crippen LogP contribution in [0.1, 0.15) is 46.0 Å². The maximum atomic E-state index is 11.7. The molecule has 0 aromatic rings. The van der Waals surface area contributed by atoms with Gasteiger partial charge in [0, 0.05) is 12.5 Å². The lowest BCUT2D eigenvalue weighted by Crippen LogP contribution is -2.48. The summed E-state index contributed by atoms with van der Waals surface area (Å²) in [6.07, 6.45) is 5.05. The first kappa shape index (κ1) is 13.2. The van der Waals surface area contributed by atoms with Gasteiger partial charge in [-0.25, -0.2) is 0 Å². The van der Waals surface area contributed by atoms with Crippen LogP contribution in [0.15, 0.2) is 0 Å². The monoisotopic (exact) mass is 226 g/mol. The maximum absolute atomic E-state index is 11.7. The minimum atomic E-state index is -0.345. The highest BCUT2D eigenvalue weighted by atomic mass is 16.1. The average Bonchev–Trinajstić information content (AvgIpc) is 2.76. The van der Waals surface area contributed by atoms with Crippen molar-refractivity contribution < 1.29 is 9.59 Å². The second-order valence-corrected chi connectivity index (χ2v) is 4.57. The summed E-state index contributed by atoms with van der Waals surface area (Å²) in [5, 5.41) is 0. The van der Waals surface area contributed by atoms with E-state index in [4.69, 9.17) is 5.73 Å². The van der Waals surface area contributed by atoms with Crippen molar-refractivity contribution in [2.75, 3.05) is 6.54 Å². The van der Waals surface area contributed by atoms with Gasteiger partial charge in [0.2, 0.25) is 5.91 Å². The zero-order chi connectivity index (χ0) is 12.1. The van der Waals surface area contributed by atoms with Crippen LogP contribution >= 0.6 is 0 Å². The molecule has 0 aromatic heterocycles. The van der Waals surface area contributed by atoms with Crippen LogP contribution in [0.25, 0.3) is 0 Å². The van der Waals surface area contributed by atoms with E-state index in [9.17, 15) is 9.59 Å². The van der Waals surface area contributed by atoms with Gasteiger partial charge in [-0.05, 0) is 19.8 Å². The van der Waals surface area contributed by atoms with Crippen molar-refractivity contribution in [1.82, 2.24) is 4.90 Å². The third kappa shape index (κ3) is 3.30. The van der Waals surface area contributed by atoms with Gasteiger partial charge in [-0.3, -0.25) is 14.5 Å². The summed E-state index contributed by atoms with van der Waals surface area (Å²) < 4.78 is 0. The topological polar surface area (TPSA) is 63.4 Å². The number of hydrogen-bond acceptors (Lipinski definition) is 3. The number of hydrogen-bond donors (Lipinski definition) is 1. The lowest BCUT2D eigenvalue weighted by Gasteiger charge is -2.32. The number of rotatable bonds is 6. The first-order valence-electron chi connectivity index (χ1n) is 6.13. The highest BCUT2D eigenvalue weighted by Gasteiger charge is 2.30. The molecule has 0 saturated heterocycles. The number of primary amides is 1. The molecule has 1 unspecified atom stereocenters. The van der Waals surface area contributed by atoms with Crippen LogP contribution in [0.3, 0.4) is 0 Å². The molecule has 0 heterocycles. The highest BCUT2D eigenvalue weighted by molar-refractivity contribution is 5.84. The van der Waals surface area contributed by atoms with Crippen LogP contribution in [-0.2, 0) is 9.59 Å². The Kier molecular flexibility index (Phi) is 4.93. The number of ketones is 1. The first-order valence-corrected chi connectivity index (χ1v) is 6.13. The Morgan fingerprint density at radius 3 is 2.38 bits per heavy atom. The number of carbonyl (C=O) groups excluding carboxylic acids is 2. The number of carbonyl (C=O) groups is 2. The first-order chi connectivity index (χ1) is 7.56. The van der Waals surface area contributed by atoms with Crippen LogP contribution < -0.4 is 5.73 Å². The maximum Gasteiger partial charge on any atom is 0.231 e. The second-order valence-electron chi connectivity index (χ2n) is 4.57. The molecule has 1 atom stereocenters. The molecule has 1 aliphatic carbocycles. The molecule has 1 fully saturated rings. The number of nitrogens with zero attached hydrogens (tertiary/aromatic N) is 1. The zero-order valence-corrected chi connectivity index (χ0v) is 10.2. The van der Waals surface area contributed by atoms with Crippen LogP contribution in [0.2, 0.25) is 0 Å². The lowest BCUT2D eigenvalue weighted by molar-refractivity contribution is -0.126. The Hall–Kier alpha value is -0.900. The van der Waals surface area contributed by atoms with Gasteiger partial charge in [0.15, 0.2) is 0 Å². The molecule has 0 aliphatic heterocycles. The van der Waals surface area contributed by atoms with Crippen molar-refractivity contribution in [3.63, 3.8) is 0 Å². The Morgan fingerprint density at radius 2 is 1.94 bits per heavy atom. The fourth-order valence-corrected chi connectivity index (χ4v) is 2.48. The third-order valence-electron chi connectivity index (χ3n) is 3.44. The number of nitrogens with two attached hydrogens (primary N) is 1. The zero-order valence-electron chi connectivity index (χ0n) is 10.2. The van der Waals surface area contributed by atoms with E-state index < -0.39 is 0 Å². The van der Waals surface area contributed by atoms with Crippen molar-refractivity contribution in [2.24, 2.45) is 5.73 Å². The predicted octanol–water partition coefficient (Wildman–Crippen LogP) is 1.08. The Bertz CT molecular complexity index is 260. The van der Waals surface area contributed by atoms with E-state index >= 15 is 0 Å². The van der Waals surface area contributed by atoms with E-state index in [1.54, 1.807) is 0 Å². The normalized spacial score (nSPS) is 18.9. The molecule has 1 aliphatic rings. The summed E-state index contributed by atoms with van der Waals surface area (Å²) in [6, 6.07) is 0.179. The molecular weight excluding hydrogens is 204 g/mol. The van der Waals surface area contributed by atoms with Crippen molar-refractivity contribution in [3.8, 4) is 0 Å². The molecule has 92 valence electrons. The quantitative estimate of drug-likeness (QED) is 0.737. The van der Waals surface area contributed by atoms with Gasteiger partial charge in [0.05, 0.1) is 12.6 Å². The van der Waals surface area contributed by atoms with Crippen LogP contribution in [0.5, 0.6) is 0 Å². The number of amides is 1. The summed E-state index contributed by atoms with van der Waals surface area (Å²) in [5.41, 5.74) is 5.25. The van der Waals surface area contributed by atoms with Crippen molar-refractivity contribution in [1.29, 1.82) is 0 Å². The summed E-state index contributed by atoms with van der Waals surface area (Å²) in [7, 11) is 0. The minimum Gasteiger partial charge on any atom is -0.369 e. The van der Waals surface area contributed by atoms with Crippen LogP contribution in [0, 0.1) is 0 Å². The summed E-state index contributed by atoms with van der Waals surface area (Å²) in [4.78, 5) is 24.7. The van der Waals surface area contributed by atoms with Crippen LogP contribution in [0.4, 0.5) is 0 Å². The van der Waals surface area contributed by atoms with Crippen molar-refractivity contribution in [3.05, 3.63) is 0 Å². The molecule has 2 N–H and O–H groups in total. The summed E-state index contributed by atoms with van der Waals surface area (Å²) in [5.74, 6) is -0.157. The molecule has 0 spiro atoms. The van der Waals surface area contributed by atoms with E-state index in [1.807, 2.05) is 18.7 Å². The molecule has 0 radical (unpaired) electrons. The molecule has 0 bridgehead atoms. The van der Waals surface area contributed by atoms with Crippen molar-refractivity contribution >= 4 is 11.7 Å².